The van der Waals surface area contributed by atoms with Gasteiger partial charge in [0.2, 0.25) is 0 Å². The number of hydrogen-bond donors (Lipinski definition) is 0. The SMILES string of the molecule is CCOC(=O)CCc1sccc1C(C)=S. The van der Waals surface area contributed by atoms with Crippen LogP contribution in [0.3, 0.4) is 0 Å². The second-order valence-corrected chi connectivity index (χ2v) is 4.73. The average molecular weight is 242 g/mol. The van der Waals surface area contributed by atoms with Crippen molar-refractivity contribution in [3.63, 3.8) is 0 Å². The Morgan fingerprint density at radius 3 is 2.93 bits per heavy atom. The molecule has 0 fully saturated rings. The smallest absolute Gasteiger partial charge is 0.306 e. The molecule has 82 valence electrons. The number of thiocarbonyl (C=S) groups is 1. The van der Waals surface area contributed by atoms with Crippen LogP contribution in [0.2, 0.25) is 0 Å². The average Bonchev–Trinajstić information content (AvgIpc) is 2.63. The standard InChI is InChI=1S/C11H14O2S2/c1-3-13-11(12)5-4-10-9(8(2)14)6-7-15-10/h6-7H,3-5H2,1-2H3. The molecule has 0 radical (unpaired) electrons. The van der Waals surface area contributed by atoms with Crippen LogP contribution in [0.1, 0.15) is 30.7 Å². The fourth-order valence-corrected chi connectivity index (χ4v) is 2.49. The van der Waals surface area contributed by atoms with E-state index < -0.39 is 0 Å². The molecule has 4 heteroatoms. The van der Waals surface area contributed by atoms with Crippen molar-refractivity contribution in [3.8, 4) is 0 Å². The third kappa shape index (κ3) is 3.72. The summed E-state index contributed by atoms with van der Waals surface area (Å²) in [5.74, 6) is -0.140. The van der Waals surface area contributed by atoms with Crippen molar-refractivity contribution >= 4 is 34.4 Å². The molecule has 15 heavy (non-hydrogen) atoms. The Labute approximate surface area is 99.3 Å². The highest BCUT2D eigenvalue weighted by atomic mass is 32.1. The molecule has 1 heterocycles. The van der Waals surface area contributed by atoms with Gasteiger partial charge in [0.15, 0.2) is 0 Å². The van der Waals surface area contributed by atoms with Gasteiger partial charge in [-0.3, -0.25) is 4.79 Å². The van der Waals surface area contributed by atoms with Crippen molar-refractivity contribution in [1.82, 2.24) is 0 Å². The summed E-state index contributed by atoms with van der Waals surface area (Å²) in [5.41, 5.74) is 1.10. The molecule has 0 N–H and O–H groups in total. The number of ether oxygens (including phenoxy) is 1. The van der Waals surface area contributed by atoms with Crippen molar-refractivity contribution in [3.05, 3.63) is 21.9 Å². The van der Waals surface area contributed by atoms with E-state index in [2.05, 4.69) is 0 Å². The molecule has 0 aliphatic carbocycles. The van der Waals surface area contributed by atoms with E-state index in [4.69, 9.17) is 17.0 Å². The third-order valence-electron chi connectivity index (χ3n) is 1.99. The van der Waals surface area contributed by atoms with Crippen molar-refractivity contribution in [2.24, 2.45) is 0 Å². The lowest BCUT2D eigenvalue weighted by molar-refractivity contribution is -0.143. The van der Waals surface area contributed by atoms with Crippen LogP contribution in [-0.2, 0) is 16.0 Å². The molecule has 0 aliphatic heterocycles. The molecular weight excluding hydrogens is 228 g/mol. The number of aryl methyl sites for hydroxylation is 1. The van der Waals surface area contributed by atoms with Gasteiger partial charge in [0, 0.05) is 15.3 Å². The van der Waals surface area contributed by atoms with Crippen LogP contribution in [0.5, 0.6) is 0 Å². The number of rotatable bonds is 5. The lowest BCUT2D eigenvalue weighted by Gasteiger charge is -2.02. The van der Waals surface area contributed by atoms with Gasteiger partial charge in [-0.25, -0.2) is 0 Å². The number of carbonyl (C=O) groups excluding carboxylic acids is 1. The minimum Gasteiger partial charge on any atom is -0.466 e. The van der Waals surface area contributed by atoms with Gasteiger partial charge in [0.1, 0.15) is 0 Å². The zero-order chi connectivity index (χ0) is 11.3. The summed E-state index contributed by atoms with van der Waals surface area (Å²) in [6.45, 7) is 4.17. The van der Waals surface area contributed by atoms with Gasteiger partial charge in [-0.15, -0.1) is 11.3 Å². The summed E-state index contributed by atoms with van der Waals surface area (Å²) in [6.07, 6.45) is 1.16. The lowest BCUT2D eigenvalue weighted by Crippen LogP contribution is -2.05. The Morgan fingerprint density at radius 1 is 1.60 bits per heavy atom. The zero-order valence-corrected chi connectivity index (χ0v) is 10.5. The van der Waals surface area contributed by atoms with Crippen molar-refractivity contribution in [2.45, 2.75) is 26.7 Å². The molecule has 0 unspecified atom stereocenters. The van der Waals surface area contributed by atoms with E-state index in [1.165, 1.54) is 4.88 Å². The predicted octanol–water partition coefficient (Wildman–Crippen LogP) is 2.98. The topological polar surface area (TPSA) is 26.3 Å². The van der Waals surface area contributed by atoms with Gasteiger partial charge in [-0.05, 0) is 31.7 Å². The fourth-order valence-electron chi connectivity index (χ4n) is 1.30. The first-order chi connectivity index (χ1) is 7.15. The molecule has 2 nitrogen and oxygen atoms in total. The van der Waals surface area contributed by atoms with Gasteiger partial charge in [-0.1, -0.05) is 12.2 Å². The minimum atomic E-state index is -0.140. The molecule has 0 bridgehead atoms. The summed E-state index contributed by atoms with van der Waals surface area (Å²) in [4.78, 5) is 13.2. The Kier molecular flexibility index (Phi) is 4.91. The lowest BCUT2D eigenvalue weighted by atomic mass is 10.1. The van der Waals surface area contributed by atoms with Gasteiger partial charge < -0.3 is 4.74 Å². The molecule has 0 amide bonds. The second kappa shape index (κ2) is 5.98. The van der Waals surface area contributed by atoms with Crippen LogP contribution in [-0.4, -0.2) is 17.4 Å². The maximum Gasteiger partial charge on any atom is 0.306 e. The molecule has 1 aromatic rings. The third-order valence-corrected chi connectivity index (χ3v) is 3.19. The van der Waals surface area contributed by atoms with E-state index in [-0.39, 0.29) is 5.97 Å². The molecule has 0 aliphatic rings. The first kappa shape index (κ1) is 12.3. The first-order valence-electron chi connectivity index (χ1n) is 4.88. The summed E-state index contributed by atoms with van der Waals surface area (Å²) >= 11 is 6.77. The highest BCUT2D eigenvalue weighted by molar-refractivity contribution is 7.80. The van der Waals surface area contributed by atoms with Crippen molar-refractivity contribution < 1.29 is 9.53 Å². The molecular formula is C11H14O2S2. The predicted molar refractivity (Wildman–Crippen MR) is 66.6 cm³/mol. The number of thiophene rings is 1. The van der Waals surface area contributed by atoms with Crippen molar-refractivity contribution in [1.29, 1.82) is 0 Å². The summed E-state index contributed by atoms with van der Waals surface area (Å²) in [5, 5.41) is 2.01. The Hall–Kier alpha value is -0.740. The summed E-state index contributed by atoms with van der Waals surface area (Å²) < 4.78 is 4.87. The van der Waals surface area contributed by atoms with E-state index in [1.54, 1.807) is 11.3 Å². The normalized spacial score (nSPS) is 10.0. The quantitative estimate of drug-likeness (QED) is 0.451. The van der Waals surface area contributed by atoms with Crippen molar-refractivity contribution in [2.75, 3.05) is 6.61 Å². The monoisotopic (exact) mass is 242 g/mol. The van der Waals surface area contributed by atoms with E-state index in [1.807, 2.05) is 25.3 Å². The largest absolute Gasteiger partial charge is 0.466 e. The highest BCUT2D eigenvalue weighted by Gasteiger charge is 2.08. The van der Waals surface area contributed by atoms with E-state index in [0.717, 1.165) is 16.8 Å². The maximum absolute atomic E-state index is 11.2. The van der Waals surface area contributed by atoms with Crippen LogP contribution in [0.4, 0.5) is 0 Å². The van der Waals surface area contributed by atoms with Crippen LogP contribution >= 0.6 is 23.6 Å². The van der Waals surface area contributed by atoms with Gasteiger partial charge >= 0.3 is 5.97 Å². The maximum atomic E-state index is 11.2. The fraction of sp³-hybridized carbons (Fsp3) is 0.455. The molecule has 1 aromatic heterocycles. The minimum absolute atomic E-state index is 0.140. The van der Waals surface area contributed by atoms with E-state index in [0.29, 0.717) is 13.0 Å². The van der Waals surface area contributed by atoms with E-state index >= 15 is 0 Å². The Morgan fingerprint density at radius 2 is 2.33 bits per heavy atom. The van der Waals surface area contributed by atoms with Gasteiger partial charge in [0.25, 0.3) is 0 Å². The molecule has 0 aromatic carbocycles. The second-order valence-electron chi connectivity index (χ2n) is 3.12. The molecule has 0 spiro atoms. The number of carbonyl (C=O) groups is 1. The molecule has 0 saturated heterocycles. The summed E-state index contributed by atoms with van der Waals surface area (Å²) in [7, 11) is 0. The van der Waals surface area contributed by atoms with Gasteiger partial charge in [-0.2, -0.15) is 0 Å². The van der Waals surface area contributed by atoms with Crippen LogP contribution in [0.25, 0.3) is 0 Å². The Balaban J connectivity index is 2.54. The van der Waals surface area contributed by atoms with Gasteiger partial charge in [0.05, 0.1) is 13.0 Å². The molecule has 0 saturated carbocycles. The number of esters is 1. The van der Waals surface area contributed by atoms with E-state index in [9.17, 15) is 4.79 Å². The number of hydrogen-bond acceptors (Lipinski definition) is 4. The zero-order valence-electron chi connectivity index (χ0n) is 8.91. The molecule has 1 rings (SSSR count). The van der Waals surface area contributed by atoms with Crippen LogP contribution in [0.15, 0.2) is 11.4 Å². The van der Waals surface area contributed by atoms with Crippen LogP contribution < -0.4 is 0 Å². The van der Waals surface area contributed by atoms with Crippen LogP contribution in [0, 0.1) is 0 Å². The molecule has 0 atom stereocenters. The first-order valence-corrected chi connectivity index (χ1v) is 6.16. The summed E-state index contributed by atoms with van der Waals surface area (Å²) in [6, 6.07) is 2.01. The Bertz CT molecular complexity index is 355. The highest BCUT2D eigenvalue weighted by Crippen LogP contribution is 2.19.